The Bertz CT molecular complexity index is 909. The van der Waals surface area contributed by atoms with Crippen LogP contribution in [0.3, 0.4) is 0 Å². The molecule has 25 heavy (non-hydrogen) atoms. The van der Waals surface area contributed by atoms with E-state index in [1.165, 1.54) is 0 Å². The second kappa shape index (κ2) is 7.19. The van der Waals surface area contributed by atoms with E-state index in [1.54, 1.807) is 61.5 Å². The quantitative estimate of drug-likeness (QED) is 0.560. The molecule has 0 fully saturated rings. The first-order valence-electron chi connectivity index (χ1n) is 7.43. The third-order valence-corrected chi connectivity index (χ3v) is 3.89. The number of carbonyl (C=O) groups excluding carboxylic acids is 2. The van der Waals surface area contributed by atoms with Gasteiger partial charge in [-0.1, -0.05) is 53.2 Å². The number of amides is 2. The molecule has 3 rings (SSSR count). The molecular formula is C18H14ClN3O3. The van der Waals surface area contributed by atoms with Crippen molar-refractivity contribution in [1.82, 2.24) is 10.6 Å². The molecule has 0 spiro atoms. The number of nitrogens with zero attached hydrogens (tertiary/aromatic N) is 2. The molecule has 0 bridgehead atoms. The SMILES string of the molecule is Cc1onc(-c2ccccc2Cl)c1N(C=O)NC(=O)c1ccccc1. The minimum Gasteiger partial charge on any atom is -0.359 e. The van der Waals surface area contributed by atoms with E-state index in [2.05, 4.69) is 10.6 Å². The van der Waals surface area contributed by atoms with Gasteiger partial charge in [0, 0.05) is 11.1 Å². The van der Waals surface area contributed by atoms with Crippen LogP contribution in [0.2, 0.25) is 5.02 Å². The van der Waals surface area contributed by atoms with Crippen LogP contribution in [0.4, 0.5) is 5.69 Å². The molecule has 0 aliphatic rings. The maximum atomic E-state index is 12.3. The normalized spacial score (nSPS) is 10.3. The molecule has 7 heteroatoms. The van der Waals surface area contributed by atoms with Crippen LogP contribution in [-0.4, -0.2) is 17.5 Å². The molecule has 6 nitrogen and oxygen atoms in total. The lowest BCUT2D eigenvalue weighted by molar-refractivity contribution is -0.107. The van der Waals surface area contributed by atoms with Gasteiger partial charge < -0.3 is 4.52 Å². The molecule has 3 aromatic rings. The Kier molecular flexibility index (Phi) is 4.81. The van der Waals surface area contributed by atoms with E-state index < -0.39 is 5.91 Å². The second-order valence-electron chi connectivity index (χ2n) is 5.20. The molecule has 1 aromatic heterocycles. The fourth-order valence-corrected chi connectivity index (χ4v) is 2.60. The van der Waals surface area contributed by atoms with Gasteiger partial charge in [-0.15, -0.1) is 0 Å². The van der Waals surface area contributed by atoms with Gasteiger partial charge in [-0.3, -0.25) is 15.0 Å². The van der Waals surface area contributed by atoms with Gasteiger partial charge in [0.15, 0.2) is 5.76 Å². The van der Waals surface area contributed by atoms with Gasteiger partial charge in [0.25, 0.3) is 5.91 Å². The summed E-state index contributed by atoms with van der Waals surface area (Å²) in [7, 11) is 0. The first kappa shape index (κ1) is 16.7. The van der Waals surface area contributed by atoms with Crippen molar-refractivity contribution in [1.29, 1.82) is 0 Å². The van der Waals surface area contributed by atoms with Gasteiger partial charge >= 0.3 is 0 Å². The van der Waals surface area contributed by atoms with Crippen LogP contribution in [0.5, 0.6) is 0 Å². The first-order chi connectivity index (χ1) is 12.1. The molecule has 0 saturated heterocycles. The van der Waals surface area contributed by atoms with Crippen molar-refractivity contribution in [3.8, 4) is 11.3 Å². The number of rotatable bonds is 5. The van der Waals surface area contributed by atoms with Gasteiger partial charge in [0.2, 0.25) is 6.41 Å². The Labute approximate surface area is 149 Å². The zero-order valence-electron chi connectivity index (χ0n) is 13.3. The Morgan fingerprint density at radius 2 is 1.84 bits per heavy atom. The van der Waals surface area contributed by atoms with Crippen molar-refractivity contribution in [2.45, 2.75) is 6.92 Å². The van der Waals surface area contributed by atoms with Gasteiger partial charge in [0.05, 0.1) is 5.02 Å². The summed E-state index contributed by atoms with van der Waals surface area (Å²) in [5.41, 5.74) is 4.24. The molecular weight excluding hydrogens is 342 g/mol. The molecule has 2 aromatic carbocycles. The minimum absolute atomic E-state index is 0.326. The number of anilines is 1. The molecule has 0 unspecified atom stereocenters. The average Bonchev–Trinajstić information content (AvgIpc) is 3.02. The van der Waals surface area contributed by atoms with E-state index in [1.807, 2.05) is 0 Å². The molecule has 0 atom stereocenters. The predicted molar refractivity (Wildman–Crippen MR) is 94.1 cm³/mol. The van der Waals surface area contributed by atoms with Crippen molar-refractivity contribution >= 4 is 29.6 Å². The van der Waals surface area contributed by atoms with Crippen molar-refractivity contribution in [3.05, 3.63) is 70.9 Å². The number of benzene rings is 2. The lowest BCUT2D eigenvalue weighted by Crippen LogP contribution is -2.41. The Hall–Kier alpha value is -3.12. The van der Waals surface area contributed by atoms with Crippen LogP contribution in [0.15, 0.2) is 59.1 Å². The first-order valence-corrected chi connectivity index (χ1v) is 7.81. The van der Waals surface area contributed by atoms with Gasteiger partial charge in [-0.2, -0.15) is 0 Å². The van der Waals surface area contributed by atoms with Crippen LogP contribution in [0.25, 0.3) is 11.3 Å². The van der Waals surface area contributed by atoms with Crippen LogP contribution < -0.4 is 10.4 Å². The van der Waals surface area contributed by atoms with Crippen molar-refractivity contribution in [2.75, 3.05) is 5.01 Å². The number of carbonyl (C=O) groups is 2. The Balaban J connectivity index is 1.97. The summed E-state index contributed by atoms with van der Waals surface area (Å²) in [4.78, 5) is 23.9. The maximum Gasteiger partial charge on any atom is 0.270 e. The summed E-state index contributed by atoms with van der Waals surface area (Å²) in [6.07, 6.45) is 0.487. The number of hydrogen-bond donors (Lipinski definition) is 1. The number of aromatic nitrogens is 1. The Morgan fingerprint density at radius 3 is 2.52 bits per heavy atom. The zero-order valence-corrected chi connectivity index (χ0v) is 14.0. The summed E-state index contributed by atoms with van der Waals surface area (Å²) >= 11 is 6.21. The van der Waals surface area contributed by atoms with Gasteiger partial charge in [0.1, 0.15) is 11.4 Å². The molecule has 1 heterocycles. The number of nitrogens with one attached hydrogen (secondary N) is 1. The van der Waals surface area contributed by atoms with Crippen molar-refractivity contribution in [2.24, 2.45) is 0 Å². The van der Waals surface area contributed by atoms with Crippen molar-refractivity contribution in [3.63, 3.8) is 0 Å². The summed E-state index contributed by atoms with van der Waals surface area (Å²) in [6.45, 7) is 1.65. The Morgan fingerprint density at radius 1 is 1.16 bits per heavy atom. The second-order valence-corrected chi connectivity index (χ2v) is 5.61. The smallest absolute Gasteiger partial charge is 0.270 e. The van der Waals surface area contributed by atoms with E-state index in [9.17, 15) is 9.59 Å². The lowest BCUT2D eigenvalue weighted by atomic mass is 10.1. The highest BCUT2D eigenvalue weighted by molar-refractivity contribution is 6.33. The molecule has 0 aliphatic heterocycles. The van der Waals surface area contributed by atoms with Crippen LogP contribution in [-0.2, 0) is 4.79 Å². The zero-order chi connectivity index (χ0) is 17.8. The average molecular weight is 356 g/mol. The highest BCUT2D eigenvalue weighted by Crippen LogP contribution is 2.35. The van der Waals surface area contributed by atoms with Gasteiger partial charge in [-0.25, -0.2) is 5.01 Å². The molecule has 0 saturated carbocycles. The fraction of sp³-hybridized carbons (Fsp3) is 0.0556. The maximum absolute atomic E-state index is 12.3. The lowest BCUT2D eigenvalue weighted by Gasteiger charge is -2.18. The van der Waals surface area contributed by atoms with E-state index in [0.29, 0.717) is 39.7 Å². The van der Waals surface area contributed by atoms with E-state index in [4.69, 9.17) is 16.1 Å². The molecule has 126 valence electrons. The fourth-order valence-electron chi connectivity index (χ4n) is 2.38. The molecule has 0 aliphatic carbocycles. The molecule has 1 N–H and O–H groups in total. The van der Waals surface area contributed by atoms with E-state index in [0.717, 1.165) is 5.01 Å². The minimum atomic E-state index is -0.432. The van der Waals surface area contributed by atoms with Crippen LogP contribution >= 0.6 is 11.6 Å². The number of hydrazine groups is 1. The predicted octanol–water partition coefficient (Wildman–Crippen LogP) is 3.61. The van der Waals surface area contributed by atoms with E-state index >= 15 is 0 Å². The van der Waals surface area contributed by atoms with Crippen LogP contribution in [0, 0.1) is 6.92 Å². The number of halogens is 1. The standard InChI is InChI=1S/C18H14ClN3O3/c1-12-17(16(21-25-12)14-9-5-6-10-15(14)19)22(11-23)20-18(24)13-7-3-2-4-8-13/h2-11H,1H3,(H,20,24). The molecule has 0 radical (unpaired) electrons. The topological polar surface area (TPSA) is 75.4 Å². The third-order valence-electron chi connectivity index (χ3n) is 3.56. The largest absolute Gasteiger partial charge is 0.359 e. The highest BCUT2D eigenvalue weighted by Gasteiger charge is 2.24. The summed E-state index contributed by atoms with van der Waals surface area (Å²) in [6, 6.07) is 15.6. The van der Waals surface area contributed by atoms with Gasteiger partial charge in [-0.05, 0) is 25.1 Å². The highest BCUT2D eigenvalue weighted by atomic mass is 35.5. The summed E-state index contributed by atoms with van der Waals surface area (Å²) in [5, 5.41) is 5.48. The van der Waals surface area contributed by atoms with Crippen LogP contribution in [0.1, 0.15) is 16.1 Å². The summed E-state index contributed by atoms with van der Waals surface area (Å²) in [5.74, 6) is -0.0613. The number of aryl methyl sites for hydroxylation is 1. The third kappa shape index (κ3) is 3.39. The van der Waals surface area contributed by atoms with Crippen molar-refractivity contribution < 1.29 is 14.1 Å². The van der Waals surface area contributed by atoms with E-state index in [-0.39, 0.29) is 0 Å². The monoisotopic (exact) mass is 355 g/mol. The molecule has 2 amide bonds. The summed E-state index contributed by atoms with van der Waals surface area (Å²) < 4.78 is 5.21. The number of hydrogen-bond acceptors (Lipinski definition) is 4.